The number of carbonyl (C=O) groups is 3. The first-order valence-corrected chi connectivity index (χ1v) is 10.5. The number of aliphatic hydroxyl groups is 1. The Morgan fingerprint density at radius 1 is 1.32 bits per heavy atom. The first-order valence-electron chi connectivity index (χ1n) is 10.5. The highest BCUT2D eigenvalue weighted by molar-refractivity contribution is 5.89. The Kier molecular flexibility index (Phi) is 7.94. The second-order valence-electron chi connectivity index (χ2n) is 8.90. The summed E-state index contributed by atoms with van der Waals surface area (Å²) < 4.78 is 5.45. The maximum absolute atomic E-state index is 12.7. The number of nitrogens with one attached hydrogen (secondary N) is 1. The number of rotatable bonds is 8. The van der Waals surface area contributed by atoms with Gasteiger partial charge >= 0.3 is 6.09 Å². The molecule has 2 heterocycles. The summed E-state index contributed by atoms with van der Waals surface area (Å²) in [4.78, 5) is 47.3. The molecule has 1 fully saturated rings. The standard InChI is InChI=1S/C21H33N5O5/c1-14(27)15(17(28)25-13-16-23-10-6-11-24-16)7-9-21(18(22)29)8-5-12-26(21)19(30)31-20(2,3)4/h6,10-11,14-15,27H,5,7-9,12-13H2,1-4H3,(H2,22,29)(H,25,28)/t14-,15+,21?/m1/s1. The zero-order valence-corrected chi connectivity index (χ0v) is 18.6. The van der Waals surface area contributed by atoms with E-state index in [0.717, 1.165) is 0 Å². The second kappa shape index (κ2) is 10.0. The molecule has 1 saturated heterocycles. The summed E-state index contributed by atoms with van der Waals surface area (Å²) in [6.45, 7) is 7.22. The summed E-state index contributed by atoms with van der Waals surface area (Å²) >= 11 is 0. The van der Waals surface area contributed by atoms with Crippen molar-refractivity contribution in [3.8, 4) is 0 Å². The Balaban J connectivity index is 2.10. The monoisotopic (exact) mass is 435 g/mol. The second-order valence-corrected chi connectivity index (χ2v) is 8.90. The van der Waals surface area contributed by atoms with E-state index in [9.17, 15) is 19.5 Å². The van der Waals surface area contributed by atoms with Crippen LogP contribution in [0.4, 0.5) is 4.79 Å². The van der Waals surface area contributed by atoms with Gasteiger partial charge in [-0.1, -0.05) is 0 Å². The highest BCUT2D eigenvalue weighted by Gasteiger charge is 2.50. The molecule has 0 aromatic carbocycles. The molecule has 3 amide bonds. The molecule has 1 aromatic rings. The number of aromatic nitrogens is 2. The van der Waals surface area contributed by atoms with Crippen LogP contribution in [0, 0.1) is 5.92 Å². The average Bonchev–Trinajstić information content (AvgIpc) is 3.11. The number of hydrogen-bond donors (Lipinski definition) is 3. The number of amides is 3. The van der Waals surface area contributed by atoms with Crippen LogP contribution in [0.15, 0.2) is 18.5 Å². The Labute approximate surface area is 182 Å². The summed E-state index contributed by atoms with van der Waals surface area (Å²) in [5, 5.41) is 12.9. The van der Waals surface area contributed by atoms with E-state index in [1.165, 1.54) is 11.8 Å². The van der Waals surface area contributed by atoms with Gasteiger partial charge in [-0.2, -0.15) is 0 Å². The molecule has 10 nitrogen and oxygen atoms in total. The SMILES string of the molecule is C[C@@H](O)[C@H](CCC1(C(N)=O)CCCN1C(=O)OC(C)(C)C)C(=O)NCc1ncccn1. The Hall–Kier alpha value is -2.75. The van der Waals surface area contributed by atoms with E-state index in [2.05, 4.69) is 15.3 Å². The summed E-state index contributed by atoms with van der Waals surface area (Å²) in [5.41, 5.74) is 3.76. The zero-order valence-electron chi connectivity index (χ0n) is 18.6. The van der Waals surface area contributed by atoms with Crippen molar-refractivity contribution in [1.29, 1.82) is 0 Å². The van der Waals surface area contributed by atoms with Crippen LogP contribution < -0.4 is 11.1 Å². The van der Waals surface area contributed by atoms with Gasteiger partial charge in [-0.05, 0) is 59.4 Å². The molecule has 0 radical (unpaired) electrons. The van der Waals surface area contributed by atoms with Crippen LogP contribution in [0.3, 0.4) is 0 Å². The lowest BCUT2D eigenvalue weighted by molar-refractivity contribution is -0.132. The van der Waals surface area contributed by atoms with E-state index < -0.39 is 35.2 Å². The number of primary amides is 1. The van der Waals surface area contributed by atoms with Gasteiger partial charge in [-0.25, -0.2) is 14.8 Å². The molecule has 2 rings (SSSR count). The van der Waals surface area contributed by atoms with Crippen molar-refractivity contribution >= 4 is 17.9 Å². The average molecular weight is 436 g/mol. The van der Waals surface area contributed by atoms with Gasteiger partial charge in [0.1, 0.15) is 17.0 Å². The van der Waals surface area contributed by atoms with Gasteiger partial charge in [-0.15, -0.1) is 0 Å². The van der Waals surface area contributed by atoms with Crippen molar-refractivity contribution in [3.63, 3.8) is 0 Å². The van der Waals surface area contributed by atoms with E-state index in [1.807, 2.05) is 0 Å². The largest absolute Gasteiger partial charge is 0.444 e. The molecule has 3 atom stereocenters. The van der Waals surface area contributed by atoms with Crippen molar-refractivity contribution in [1.82, 2.24) is 20.2 Å². The molecule has 0 bridgehead atoms. The first kappa shape index (κ1) is 24.5. The van der Waals surface area contributed by atoms with Crippen LogP contribution in [-0.2, 0) is 20.9 Å². The van der Waals surface area contributed by atoms with Gasteiger partial charge < -0.3 is 20.9 Å². The van der Waals surface area contributed by atoms with E-state index in [4.69, 9.17) is 10.5 Å². The molecule has 1 aliphatic rings. The lowest BCUT2D eigenvalue weighted by Gasteiger charge is -2.37. The van der Waals surface area contributed by atoms with Crippen molar-refractivity contribution in [2.75, 3.05) is 6.54 Å². The highest BCUT2D eigenvalue weighted by Crippen LogP contribution is 2.36. The van der Waals surface area contributed by atoms with Crippen LogP contribution in [-0.4, -0.2) is 61.7 Å². The van der Waals surface area contributed by atoms with Crippen LogP contribution in [0.2, 0.25) is 0 Å². The molecule has 1 aromatic heterocycles. The number of nitrogens with zero attached hydrogens (tertiary/aromatic N) is 3. The molecule has 0 aliphatic carbocycles. The number of hydrogen-bond acceptors (Lipinski definition) is 7. The van der Waals surface area contributed by atoms with Crippen LogP contribution >= 0.6 is 0 Å². The zero-order chi connectivity index (χ0) is 23.2. The predicted molar refractivity (Wildman–Crippen MR) is 112 cm³/mol. The van der Waals surface area contributed by atoms with Gasteiger partial charge in [0.05, 0.1) is 18.6 Å². The fourth-order valence-corrected chi connectivity index (χ4v) is 3.81. The lowest BCUT2D eigenvalue weighted by Crippen LogP contribution is -2.57. The maximum Gasteiger partial charge on any atom is 0.411 e. The number of nitrogens with two attached hydrogens (primary N) is 1. The van der Waals surface area contributed by atoms with E-state index in [1.54, 1.807) is 39.2 Å². The van der Waals surface area contributed by atoms with Gasteiger partial charge in [0, 0.05) is 18.9 Å². The molecular formula is C21H33N5O5. The number of aliphatic hydroxyl groups excluding tert-OH is 1. The molecule has 1 aliphatic heterocycles. The van der Waals surface area contributed by atoms with Crippen molar-refractivity contribution in [2.45, 2.75) is 77.2 Å². The fourth-order valence-electron chi connectivity index (χ4n) is 3.81. The van der Waals surface area contributed by atoms with E-state index in [-0.39, 0.29) is 25.3 Å². The van der Waals surface area contributed by atoms with Crippen LogP contribution in [0.25, 0.3) is 0 Å². The summed E-state index contributed by atoms with van der Waals surface area (Å²) in [5.74, 6) is -1.37. The lowest BCUT2D eigenvalue weighted by atomic mass is 9.84. The Morgan fingerprint density at radius 3 is 2.52 bits per heavy atom. The van der Waals surface area contributed by atoms with Gasteiger partial charge in [0.15, 0.2) is 0 Å². The van der Waals surface area contributed by atoms with E-state index >= 15 is 0 Å². The molecule has 1 unspecified atom stereocenters. The topological polar surface area (TPSA) is 148 Å². The molecular weight excluding hydrogens is 402 g/mol. The number of likely N-dealkylation sites (tertiary alicyclic amines) is 1. The quantitative estimate of drug-likeness (QED) is 0.554. The van der Waals surface area contributed by atoms with E-state index in [0.29, 0.717) is 25.2 Å². The fraction of sp³-hybridized carbons (Fsp3) is 0.667. The minimum atomic E-state index is -1.25. The maximum atomic E-state index is 12.7. The van der Waals surface area contributed by atoms with Crippen molar-refractivity contribution in [2.24, 2.45) is 11.7 Å². The van der Waals surface area contributed by atoms with Crippen LogP contribution in [0.5, 0.6) is 0 Å². The van der Waals surface area contributed by atoms with Gasteiger partial charge in [-0.3, -0.25) is 14.5 Å². The molecule has 0 saturated carbocycles. The van der Waals surface area contributed by atoms with Crippen molar-refractivity contribution in [3.05, 3.63) is 24.3 Å². The third-order valence-electron chi connectivity index (χ3n) is 5.39. The molecule has 0 spiro atoms. The Bertz CT molecular complexity index is 780. The van der Waals surface area contributed by atoms with Gasteiger partial charge in [0.2, 0.25) is 11.8 Å². The normalized spacial score (nSPS) is 20.7. The number of ether oxygens (including phenoxy) is 1. The molecule has 10 heteroatoms. The molecule has 4 N–H and O–H groups in total. The summed E-state index contributed by atoms with van der Waals surface area (Å²) in [6.07, 6.45) is 2.87. The summed E-state index contributed by atoms with van der Waals surface area (Å²) in [7, 11) is 0. The van der Waals surface area contributed by atoms with Crippen LogP contribution in [0.1, 0.15) is 59.2 Å². The third-order valence-corrected chi connectivity index (χ3v) is 5.39. The minimum Gasteiger partial charge on any atom is -0.444 e. The summed E-state index contributed by atoms with van der Waals surface area (Å²) in [6, 6.07) is 1.67. The molecule has 172 valence electrons. The number of carbonyl (C=O) groups excluding carboxylic acids is 3. The highest BCUT2D eigenvalue weighted by atomic mass is 16.6. The Morgan fingerprint density at radius 2 is 1.97 bits per heavy atom. The smallest absolute Gasteiger partial charge is 0.411 e. The minimum absolute atomic E-state index is 0.119. The molecule has 31 heavy (non-hydrogen) atoms. The van der Waals surface area contributed by atoms with Crippen molar-refractivity contribution < 1.29 is 24.2 Å². The third kappa shape index (κ3) is 6.36. The predicted octanol–water partition coefficient (Wildman–Crippen LogP) is 1.13. The van der Waals surface area contributed by atoms with Gasteiger partial charge in [0.25, 0.3) is 0 Å². The first-order chi connectivity index (χ1) is 14.5.